The van der Waals surface area contributed by atoms with E-state index >= 15 is 0 Å². The molecule has 5 heteroatoms. The van der Waals surface area contributed by atoms with Gasteiger partial charge in [-0.1, -0.05) is 18.9 Å². The first kappa shape index (κ1) is 15.3. The quantitative estimate of drug-likeness (QED) is 0.804. The number of carbonyl (C=O) groups excluding carboxylic acids is 1. The molecule has 0 aromatic heterocycles. The van der Waals surface area contributed by atoms with Crippen LogP contribution in [-0.4, -0.2) is 23.8 Å². The molecule has 1 aromatic rings. The number of fused-ring (bicyclic) bond motifs is 1. The Morgan fingerprint density at radius 2 is 2.05 bits per heavy atom. The summed E-state index contributed by atoms with van der Waals surface area (Å²) in [5.41, 5.74) is 2.00. The highest BCUT2D eigenvalue weighted by Gasteiger charge is 2.28. The molecule has 0 heterocycles. The first-order chi connectivity index (χ1) is 10.7. The van der Waals surface area contributed by atoms with Crippen molar-refractivity contribution in [3.05, 3.63) is 35.1 Å². The van der Waals surface area contributed by atoms with E-state index in [1.165, 1.54) is 6.07 Å². The molecule has 1 fully saturated rings. The summed E-state index contributed by atoms with van der Waals surface area (Å²) in [7, 11) is 0. The lowest BCUT2D eigenvalue weighted by atomic mass is 9.85. The van der Waals surface area contributed by atoms with Crippen molar-refractivity contribution in [3.63, 3.8) is 0 Å². The maximum atomic E-state index is 13.2. The summed E-state index contributed by atoms with van der Waals surface area (Å²) < 4.78 is 13.2. The third kappa shape index (κ3) is 3.24. The minimum absolute atomic E-state index is 0.0489. The Morgan fingerprint density at radius 1 is 1.23 bits per heavy atom. The van der Waals surface area contributed by atoms with Gasteiger partial charge in [0.1, 0.15) is 5.82 Å². The van der Waals surface area contributed by atoms with Crippen LogP contribution in [0.2, 0.25) is 0 Å². The summed E-state index contributed by atoms with van der Waals surface area (Å²) >= 11 is 0. The number of halogens is 1. The van der Waals surface area contributed by atoms with Crippen molar-refractivity contribution in [1.29, 1.82) is 0 Å². The second kappa shape index (κ2) is 6.65. The number of amides is 2. The number of benzene rings is 1. The summed E-state index contributed by atoms with van der Waals surface area (Å²) in [6.07, 6.45) is 5.69. The number of rotatable bonds is 3. The third-order valence-electron chi connectivity index (χ3n) is 4.95. The van der Waals surface area contributed by atoms with Crippen molar-refractivity contribution < 1.29 is 14.3 Å². The van der Waals surface area contributed by atoms with Gasteiger partial charge >= 0.3 is 6.03 Å². The van der Waals surface area contributed by atoms with E-state index in [-0.39, 0.29) is 36.5 Å². The molecule has 3 unspecified atom stereocenters. The molecule has 0 spiro atoms. The average Bonchev–Trinajstić information content (AvgIpc) is 2.89. The van der Waals surface area contributed by atoms with Gasteiger partial charge in [0.15, 0.2) is 0 Å². The molecule has 120 valence electrons. The lowest BCUT2D eigenvalue weighted by Crippen LogP contribution is -2.48. The van der Waals surface area contributed by atoms with E-state index in [1.807, 2.05) is 0 Å². The smallest absolute Gasteiger partial charge is 0.315 e. The topological polar surface area (TPSA) is 61.4 Å². The number of hydrogen-bond donors (Lipinski definition) is 3. The number of aliphatic hydroxyl groups is 1. The van der Waals surface area contributed by atoms with E-state index in [0.29, 0.717) is 0 Å². The minimum atomic E-state index is -0.225. The number of aliphatic hydroxyl groups excluding tert-OH is 1. The lowest BCUT2D eigenvalue weighted by molar-refractivity contribution is 0.153. The average molecular weight is 306 g/mol. The standard InChI is InChI=1S/C17H23FN2O2/c18-13-6-7-14-11(9-13)5-8-16(14)20-17(22)19-15-4-2-1-3-12(15)10-21/h6-7,9,12,15-16,21H,1-5,8,10H2,(H2,19,20,22). The molecule has 3 atom stereocenters. The number of carbonyl (C=O) groups is 1. The number of urea groups is 1. The normalized spacial score (nSPS) is 27.3. The number of aryl methyl sites for hydroxylation is 1. The van der Waals surface area contributed by atoms with Crippen molar-refractivity contribution in [1.82, 2.24) is 10.6 Å². The van der Waals surface area contributed by atoms with Crippen LogP contribution in [0.15, 0.2) is 18.2 Å². The van der Waals surface area contributed by atoms with Gasteiger partial charge in [-0.15, -0.1) is 0 Å². The third-order valence-corrected chi connectivity index (χ3v) is 4.95. The molecular weight excluding hydrogens is 283 g/mol. The van der Waals surface area contributed by atoms with Crippen molar-refractivity contribution in [2.45, 2.75) is 50.6 Å². The molecule has 3 rings (SSSR count). The van der Waals surface area contributed by atoms with Gasteiger partial charge in [-0.2, -0.15) is 0 Å². The van der Waals surface area contributed by atoms with E-state index in [9.17, 15) is 14.3 Å². The number of nitrogens with one attached hydrogen (secondary N) is 2. The Kier molecular flexibility index (Phi) is 4.62. The van der Waals surface area contributed by atoms with Gasteiger partial charge in [0.2, 0.25) is 0 Å². The predicted molar refractivity (Wildman–Crippen MR) is 82.0 cm³/mol. The first-order valence-corrected chi connectivity index (χ1v) is 8.13. The Bertz CT molecular complexity index is 549. The minimum Gasteiger partial charge on any atom is -0.396 e. The van der Waals surface area contributed by atoms with Crippen LogP contribution in [0.4, 0.5) is 9.18 Å². The fraction of sp³-hybridized carbons (Fsp3) is 0.588. The highest BCUT2D eigenvalue weighted by atomic mass is 19.1. The first-order valence-electron chi connectivity index (χ1n) is 8.13. The Hall–Kier alpha value is -1.62. The van der Waals surface area contributed by atoms with Gasteiger partial charge in [0, 0.05) is 18.6 Å². The SMILES string of the molecule is O=C(NC1CCc2cc(F)ccc21)NC1CCCCC1CO. The van der Waals surface area contributed by atoms with Gasteiger partial charge in [0.25, 0.3) is 0 Å². The van der Waals surface area contributed by atoms with Crippen molar-refractivity contribution in [2.24, 2.45) is 5.92 Å². The Balaban J connectivity index is 1.59. The van der Waals surface area contributed by atoms with Gasteiger partial charge < -0.3 is 15.7 Å². The van der Waals surface area contributed by atoms with Gasteiger partial charge in [0.05, 0.1) is 6.04 Å². The zero-order valence-corrected chi connectivity index (χ0v) is 12.6. The fourth-order valence-electron chi connectivity index (χ4n) is 3.72. The van der Waals surface area contributed by atoms with Crippen molar-refractivity contribution in [3.8, 4) is 0 Å². The summed E-state index contributed by atoms with van der Waals surface area (Å²) in [6, 6.07) is 4.57. The molecule has 0 radical (unpaired) electrons. The predicted octanol–water partition coefficient (Wildman–Crippen LogP) is 2.66. The summed E-state index contributed by atoms with van der Waals surface area (Å²) in [5.74, 6) is -0.0682. The van der Waals surface area contributed by atoms with Crippen LogP contribution in [0, 0.1) is 11.7 Å². The summed E-state index contributed by atoms with van der Waals surface area (Å²) in [6.45, 7) is 0.122. The van der Waals surface area contributed by atoms with Crippen molar-refractivity contribution in [2.75, 3.05) is 6.61 Å². The van der Waals surface area contributed by atoms with E-state index in [1.54, 1.807) is 12.1 Å². The zero-order chi connectivity index (χ0) is 15.5. The molecule has 2 aliphatic rings. The molecular formula is C17H23FN2O2. The molecule has 22 heavy (non-hydrogen) atoms. The maximum absolute atomic E-state index is 13.2. The van der Waals surface area contributed by atoms with E-state index in [0.717, 1.165) is 49.7 Å². The molecule has 3 N–H and O–H groups in total. The Morgan fingerprint density at radius 3 is 2.86 bits per heavy atom. The molecule has 4 nitrogen and oxygen atoms in total. The second-order valence-electron chi connectivity index (χ2n) is 6.39. The monoisotopic (exact) mass is 306 g/mol. The van der Waals surface area contributed by atoms with Crippen LogP contribution in [-0.2, 0) is 6.42 Å². The fourth-order valence-corrected chi connectivity index (χ4v) is 3.72. The van der Waals surface area contributed by atoms with Crippen LogP contribution < -0.4 is 10.6 Å². The summed E-state index contributed by atoms with van der Waals surface area (Å²) in [5, 5.41) is 15.4. The molecule has 2 aliphatic carbocycles. The highest BCUT2D eigenvalue weighted by molar-refractivity contribution is 5.75. The van der Waals surface area contributed by atoms with Crippen LogP contribution in [0.1, 0.15) is 49.3 Å². The van der Waals surface area contributed by atoms with E-state index in [4.69, 9.17) is 0 Å². The lowest BCUT2D eigenvalue weighted by Gasteiger charge is -2.31. The van der Waals surface area contributed by atoms with Gasteiger partial charge in [-0.05, 0) is 48.9 Å². The number of hydrogen-bond acceptors (Lipinski definition) is 2. The maximum Gasteiger partial charge on any atom is 0.315 e. The van der Waals surface area contributed by atoms with Crippen LogP contribution in [0.5, 0.6) is 0 Å². The molecule has 0 bridgehead atoms. The highest BCUT2D eigenvalue weighted by Crippen LogP contribution is 2.31. The molecule has 1 aromatic carbocycles. The van der Waals surface area contributed by atoms with Gasteiger partial charge in [-0.3, -0.25) is 0 Å². The van der Waals surface area contributed by atoms with Gasteiger partial charge in [-0.25, -0.2) is 9.18 Å². The van der Waals surface area contributed by atoms with Crippen LogP contribution in [0.25, 0.3) is 0 Å². The summed E-state index contributed by atoms with van der Waals surface area (Å²) in [4.78, 5) is 12.2. The largest absolute Gasteiger partial charge is 0.396 e. The molecule has 0 saturated heterocycles. The Labute approximate surface area is 130 Å². The molecule has 1 saturated carbocycles. The zero-order valence-electron chi connectivity index (χ0n) is 12.6. The molecule has 0 aliphatic heterocycles. The molecule has 2 amide bonds. The van der Waals surface area contributed by atoms with Crippen LogP contribution in [0.3, 0.4) is 0 Å². The van der Waals surface area contributed by atoms with E-state index < -0.39 is 0 Å². The van der Waals surface area contributed by atoms with Crippen molar-refractivity contribution >= 4 is 6.03 Å². The van der Waals surface area contributed by atoms with E-state index in [2.05, 4.69) is 10.6 Å². The van der Waals surface area contributed by atoms with Crippen LogP contribution >= 0.6 is 0 Å². The second-order valence-corrected chi connectivity index (χ2v) is 6.39.